The van der Waals surface area contributed by atoms with Gasteiger partial charge in [0.05, 0.1) is 31.0 Å². The van der Waals surface area contributed by atoms with Gasteiger partial charge in [0.1, 0.15) is 17.2 Å². The SMILES string of the molecule is COc1ccc(C(=O)NCC(=O)N/N=C\c2ccc(OC(=O)c3ccccc3)cc2OC(=O)c2ccccc2)cc1. The monoisotopic (exact) mass is 551 g/mol. The molecule has 2 amide bonds. The van der Waals surface area contributed by atoms with Crippen LogP contribution in [0.5, 0.6) is 17.2 Å². The number of carbonyl (C=O) groups is 4. The summed E-state index contributed by atoms with van der Waals surface area (Å²) in [5, 5.41) is 6.40. The Labute approximate surface area is 235 Å². The van der Waals surface area contributed by atoms with Crippen molar-refractivity contribution < 1.29 is 33.4 Å². The second kappa shape index (κ2) is 13.9. The highest BCUT2D eigenvalue weighted by atomic mass is 16.5. The largest absolute Gasteiger partial charge is 0.497 e. The molecule has 0 saturated carbocycles. The van der Waals surface area contributed by atoms with Crippen LogP contribution in [0, 0.1) is 0 Å². The zero-order chi connectivity index (χ0) is 29.0. The summed E-state index contributed by atoms with van der Waals surface area (Å²) in [6.07, 6.45) is 1.26. The van der Waals surface area contributed by atoms with Crippen LogP contribution in [0.3, 0.4) is 0 Å². The fraction of sp³-hybridized carbons (Fsp3) is 0.0645. The number of benzene rings is 4. The van der Waals surface area contributed by atoms with Gasteiger partial charge in [0.25, 0.3) is 11.8 Å². The minimum atomic E-state index is -0.642. The first-order valence-electron chi connectivity index (χ1n) is 12.4. The molecule has 0 fully saturated rings. The average molecular weight is 552 g/mol. The molecule has 0 unspecified atom stereocenters. The van der Waals surface area contributed by atoms with Gasteiger partial charge >= 0.3 is 11.9 Å². The molecule has 206 valence electrons. The zero-order valence-electron chi connectivity index (χ0n) is 21.9. The number of hydrogen-bond acceptors (Lipinski definition) is 8. The second-order valence-corrected chi connectivity index (χ2v) is 8.42. The molecule has 0 saturated heterocycles. The van der Waals surface area contributed by atoms with Gasteiger partial charge in [0.15, 0.2) is 0 Å². The van der Waals surface area contributed by atoms with Crippen molar-refractivity contribution in [1.82, 2.24) is 10.7 Å². The van der Waals surface area contributed by atoms with Gasteiger partial charge in [-0.3, -0.25) is 9.59 Å². The number of carbonyl (C=O) groups excluding carboxylic acids is 4. The summed E-state index contributed by atoms with van der Waals surface area (Å²) in [5.74, 6) is -1.47. The van der Waals surface area contributed by atoms with Crippen LogP contribution in [-0.4, -0.2) is 43.6 Å². The number of nitrogens with zero attached hydrogens (tertiary/aromatic N) is 1. The van der Waals surface area contributed by atoms with E-state index in [-0.39, 0.29) is 18.0 Å². The molecule has 0 aliphatic heterocycles. The minimum absolute atomic E-state index is 0.0445. The lowest BCUT2D eigenvalue weighted by atomic mass is 10.2. The molecular weight excluding hydrogens is 526 g/mol. The van der Waals surface area contributed by atoms with E-state index in [9.17, 15) is 19.2 Å². The Morgan fingerprint density at radius 1 is 0.707 bits per heavy atom. The fourth-order valence-corrected chi connectivity index (χ4v) is 3.46. The molecule has 41 heavy (non-hydrogen) atoms. The summed E-state index contributed by atoms with van der Waals surface area (Å²) in [4.78, 5) is 49.7. The van der Waals surface area contributed by atoms with Gasteiger partial charge in [0, 0.05) is 17.2 Å². The molecule has 0 atom stereocenters. The molecule has 10 heteroatoms. The molecule has 4 rings (SSSR count). The van der Waals surface area contributed by atoms with Crippen molar-refractivity contribution in [1.29, 1.82) is 0 Å². The van der Waals surface area contributed by atoms with Crippen molar-refractivity contribution in [2.24, 2.45) is 5.10 Å². The van der Waals surface area contributed by atoms with Gasteiger partial charge in [-0.2, -0.15) is 5.10 Å². The first-order chi connectivity index (χ1) is 19.9. The van der Waals surface area contributed by atoms with E-state index in [1.54, 1.807) is 84.9 Å². The number of nitrogens with one attached hydrogen (secondary N) is 2. The molecule has 10 nitrogen and oxygen atoms in total. The van der Waals surface area contributed by atoms with E-state index in [1.165, 1.54) is 31.5 Å². The number of esters is 2. The molecular formula is C31H25N3O7. The molecule has 0 heterocycles. The van der Waals surface area contributed by atoms with E-state index in [4.69, 9.17) is 14.2 Å². The van der Waals surface area contributed by atoms with Crippen LogP contribution in [0.25, 0.3) is 0 Å². The minimum Gasteiger partial charge on any atom is -0.497 e. The normalized spacial score (nSPS) is 10.5. The third kappa shape index (κ3) is 8.11. The Morgan fingerprint density at radius 2 is 1.29 bits per heavy atom. The Morgan fingerprint density at radius 3 is 1.90 bits per heavy atom. The van der Waals surface area contributed by atoms with Crippen molar-refractivity contribution in [3.63, 3.8) is 0 Å². The molecule has 0 radical (unpaired) electrons. The number of ether oxygens (including phenoxy) is 3. The lowest BCUT2D eigenvalue weighted by molar-refractivity contribution is -0.120. The lowest BCUT2D eigenvalue weighted by Crippen LogP contribution is -2.34. The molecule has 0 bridgehead atoms. The van der Waals surface area contributed by atoms with Crippen LogP contribution in [-0.2, 0) is 4.79 Å². The highest BCUT2D eigenvalue weighted by molar-refractivity contribution is 5.97. The quantitative estimate of drug-likeness (QED) is 0.132. The number of hydrogen-bond donors (Lipinski definition) is 2. The molecule has 4 aromatic rings. The maximum Gasteiger partial charge on any atom is 0.343 e. The van der Waals surface area contributed by atoms with Gasteiger partial charge < -0.3 is 19.5 Å². The van der Waals surface area contributed by atoms with E-state index >= 15 is 0 Å². The smallest absolute Gasteiger partial charge is 0.343 e. The second-order valence-electron chi connectivity index (χ2n) is 8.42. The number of amides is 2. The zero-order valence-corrected chi connectivity index (χ0v) is 21.9. The summed E-state index contributed by atoms with van der Waals surface area (Å²) < 4.78 is 16.1. The van der Waals surface area contributed by atoms with Crippen LogP contribution >= 0.6 is 0 Å². The van der Waals surface area contributed by atoms with E-state index in [1.807, 2.05) is 0 Å². The summed E-state index contributed by atoms with van der Waals surface area (Å²) in [5.41, 5.74) is 3.64. The molecule has 2 N–H and O–H groups in total. The van der Waals surface area contributed by atoms with Crippen LogP contribution in [0.2, 0.25) is 0 Å². The van der Waals surface area contributed by atoms with Crippen molar-refractivity contribution in [3.8, 4) is 17.2 Å². The van der Waals surface area contributed by atoms with E-state index in [0.29, 0.717) is 28.0 Å². The van der Waals surface area contributed by atoms with Crippen LogP contribution < -0.4 is 25.0 Å². The molecule has 0 aromatic heterocycles. The van der Waals surface area contributed by atoms with Gasteiger partial charge in [-0.25, -0.2) is 15.0 Å². The number of rotatable bonds is 10. The first kappa shape index (κ1) is 28.2. The van der Waals surface area contributed by atoms with Gasteiger partial charge in [-0.05, 0) is 60.7 Å². The van der Waals surface area contributed by atoms with Crippen molar-refractivity contribution >= 4 is 30.0 Å². The maximum atomic E-state index is 12.7. The summed E-state index contributed by atoms with van der Waals surface area (Å²) in [6, 6.07) is 27.6. The number of hydrazone groups is 1. The Kier molecular flexibility index (Phi) is 9.54. The van der Waals surface area contributed by atoms with Gasteiger partial charge in [-0.15, -0.1) is 0 Å². The Hall–Kier alpha value is -5.77. The van der Waals surface area contributed by atoms with Crippen LogP contribution in [0.4, 0.5) is 0 Å². The van der Waals surface area contributed by atoms with Crippen molar-refractivity contribution in [2.45, 2.75) is 0 Å². The standard InChI is InChI=1S/C31H25N3O7/c1-39-25-15-12-21(13-16-25)29(36)32-20-28(35)34-33-19-24-14-17-26(40-30(37)22-8-4-2-5-9-22)18-27(24)41-31(38)23-10-6-3-7-11-23/h2-19H,20H2,1H3,(H,32,36)(H,34,35)/b33-19-. The Balaban J connectivity index is 1.43. The molecule has 0 spiro atoms. The average Bonchev–Trinajstić information content (AvgIpc) is 3.01. The number of methoxy groups -OCH3 is 1. The molecule has 4 aromatic carbocycles. The summed E-state index contributed by atoms with van der Waals surface area (Å²) in [6.45, 7) is -0.327. The highest BCUT2D eigenvalue weighted by Crippen LogP contribution is 2.26. The topological polar surface area (TPSA) is 132 Å². The van der Waals surface area contributed by atoms with Crippen LogP contribution in [0.1, 0.15) is 36.6 Å². The van der Waals surface area contributed by atoms with Crippen molar-refractivity contribution in [2.75, 3.05) is 13.7 Å². The third-order valence-electron chi connectivity index (χ3n) is 5.57. The van der Waals surface area contributed by atoms with Gasteiger partial charge in [0.2, 0.25) is 0 Å². The first-order valence-corrected chi connectivity index (χ1v) is 12.4. The van der Waals surface area contributed by atoms with Crippen LogP contribution in [0.15, 0.2) is 108 Å². The summed E-state index contributed by atoms with van der Waals surface area (Å²) >= 11 is 0. The van der Waals surface area contributed by atoms with Crippen molar-refractivity contribution in [3.05, 3.63) is 125 Å². The maximum absolute atomic E-state index is 12.7. The molecule has 0 aliphatic carbocycles. The van der Waals surface area contributed by atoms with Gasteiger partial charge in [-0.1, -0.05) is 36.4 Å². The summed E-state index contributed by atoms with van der Waals surface area (Å²) in [7, 11) is 1.52. The predicted octanol–water partition coefficient (Wildman–Crippen LogP) is 4.01. The molecule has 0 aliphatic rings. The predicted molar refractivity (Wildman–Crippen MR) is 150 cm³/mol. The fourth-order valence-electron chi connectivity index (χ4n) is 3.46. The lowest BCUT2D eigenvalue weighted by Gasteiger charge is -2.10. The highest BCUT2D eigenvalue weighted by Gasteiger charge is 2.15. The Bertz CT molecular complexity index is 1550. The van der Waals surface area contributed by atoms with E-state index < -0.39 is 23.8 Å². The third-order valence-corrected chi connectivity index (χ3v) is 5.57. The van der Waals surface area contributed by atoms with E-state index in [2.05, 4.69) is 15.8 Å². The van der Waals surface area contributed by atoms with E-state index in [0.717, 1.165) is 0 Å².